The van der Waals surface area contributed by atoms with Crippen molar-refractivity contribution < 1.29 is 13.7 Å². The van der Waals surface area contributed by atoms with Gasteiger partial charge in [-0.05, 0) is 44.8 Å². The van der Waals surface area contributed by atoms with Crippen LogP contribution in [0.5, 0.6) is 0 Å². The summed E-state index contributed by atoms with van der Waals surface area (Å²) in [6, 6.07) is 22.2. The number of nitriles is 1. The minimum atomic E-state index is -0.421. The lowest BCUT2D eigenvalue weighted by Gasteiger charge is -2.32. The molecule has 0 aliphatic carbocycles. The Morgan fingerprint density at radius 2 is 1.43 bits per heavy atom. The number of nitrogens with zero attached hydrogens (tertiary/aromatic N) is 1. The minimum absolute atomic E-state index is 0.389. The molecule has 1 aromatic heterocycles. The topological polar surface area (TPSA) is 55.4 Å². The fourth-order valence-corrected chi connectivity index (χ4v) is 3.97. The molecule has 148 valence electrons. The summed E-state index contributed by atoms with van der Waals surface area (Å²) >= 11 is 0. The highest BCUT2D eigenvalue weighted by atomic mass is 16.7. The number of para-hydroxylation sites is 2. The van der Waals surface area contributed by atoms with Crippen molar-refractivity contribution in [3.05, 3.63) is 66.2 Å². The molecule has 30 heavy (non-hydrogen) atoms. The van der Waals surface area contributed by atoms with Crippen molar-refractivity contribution in [1.29, 1.82) is 5.26 Å². The average Bonchev–Trinajstić information content (AvgIpc) is 3.21. The molecule has 0 saturated carbocycles. The highest BCUT2D eigenvalue weighted by Gasteiger charge is 2.51. The Morgan fingerprint density at radius 3 is 2.13 bits per heavy atom. The molecule has 5 rings (SSSR count). The molecule has 1 fully saturated rings. The van der Waals surface area contributed by atoms with Crippen LogP contribution in [0.25, 0.3) is 33.1 Å². The Labute approximate surface area is 176 Å². The Morgan fingerprint density at radius 1 is 0.800 bits per heavy atom. The number of fused-ring (bicyclic) bond motifs is 3. The Balaban J connectivity index is 1.64. The lowest BCUT2D eigenvalue weighted by Crippen LogP contribution is -2.41. The van der Waals surface area contributed by atoms with Gasteiger partial charge in [-0.1, -0.05) is 54.6 Å². The maximum absolute atomic E-state index is 9.45. The maximum atomic E-state index is 9.45. The van der Waals surface area contributed by atoms with Gasteiger partial charge in [0.15, 0.2) is 5.58 Å². The van der Waals surface area contributed by atoms with Gasteiger partial charge >= 0.3 is 7.12 Å². The van der Waals surface area contributed by atoms with E-state index in [-0.39, 0.29) is 11.2 Å². The molecule has 0 bridgehead atoms. The molecule has 0 atom stereocenters. The lowest BCUT2D eigenvalue weighted by atomic mass is 9.78. The van der Waals surface area contributed by atoms with E-state index in [9.17, 15) is 5.26 Å². The third kappa shape index (κ3) is 2.76. The average molecular weight is 395 g/mol. The predicted octanol–water partition coefficient (Wildman–Crippen LogP) is 5.42. The molecule has 0 amide bonds. The highest BCUT2D eigenvalue weighted by Crippen LogP contribution is 2.38. The van der Waals surface area contributed by atoms with Gasteiger partial charge in [-0.2, -0.15) is 5.26 Å². The van der Waals surface area contributed by atoms with Crippen LogP contribution >= 0.6 is 0 Å². The SMILES string of the molecule is CC1(C)OB(c2cccc(-c3cccc4c3oc3c(C#N)cccc34)c2)OC1(C)C. The third-order valence-electron chi connectivity index (χ3n) is 6.37. The Bertz CT molecular complexity index is 1310. The molecule has 0 unspecified atom stereocenters. The second-order valence-electron chi connectivity index (χ2n) is 8.79. The Kier molecular flexibility index (Phi) is 4.08. The van der Waals surface area contributed by atoms with E-state index in [1.165, 1.54) is 0 Å². The van der Waals surface area contributed by atoms with E-state index in [1.54, 1.807) is 6.07 Å². The number of rotatable bonds is 2. The predicted molar refractivity (Wildman–Crippen MR) is 120 cm³/mol. The Hall–Kier alpha value is -3.07. The van der Waals surface area contributed by atoms with Gasteiger partial charge in [-0.25, -0.2) is 0 Å². The van der Waals surface area contributed by atoms with Crippen molar-refractivity contribution in [2.24, 2.45) is 0 Å². The van der Waals surface area contributed by atoms with Gasteiger partial charge in [0.25, 0.3) is 0 Å². The summed E-state index contributed by atoms with van der Waals surface area (Å²) in [5.74, 6) is 0. The standard InChI is InChI=1S/C25H22BNO3/c1-24(2)25(3,4)30-26(29-24)18-10-5-8-16(14-18)19-11-7-13-21-20-12-6-9-17(15-27)22(20)28-23(19)21/h5-14H,1-4H3. The van der Waals surface area contributed by atoms with Gasteiger partial charge < -0.3 is 13.7 Å². The zero-order valence-electron chi connectivity index (χ0n) is 17.5. The summed E-state index contributed by atoms with van der Waals surface area (Å²) in [5.41, 5.74) is 4.14. The quantitative estimate of drug-likeness (QED) is 0.425. The fraction of sp³-hybridized carbons (Fsp3) is 0.240. The molecule has 0 radical (unpaired) electrons. The minimum Gasteiger partial charge on any atom is -0.454 e. The fourth-order valence-electron chi connectivity index (χ4n) is 3.97. The first-order chi connectivity index (χ1) is 14.3. The van der Waals surface area contributed by atoms with E-state index in [2.05, 4.69) is 45.9 Å². The molecular weight excluding hydrogens is 373 g/mol. The van der Waals surface area contributed by atoms with Gasteiger partial charge in [-0.15, -0.1) is 0 Å². The van der Waals surface area contributed by atoms with Crippen LogP contribution in [0.3, 0.4) is 0 Å². The largest absolute Gasteiger partial charge is 0.494 e. The van der Waals surface area contributed by atoms with Crippen LogP contribution in [0.15, 0.2) is 65.1 Å². The molecule has 0 spiro atoms. The molecule has 1 saturated heterocycles. The summed E-state index contributed by atoms with van der Waals surface area (Å²) in [7, 11) is -0.421. The van der Waals surface area contributed by atoms with E-state index >= 15 is 0 Å². The number of hydrogen-bond donors (Lipinski definition) is 0. The molecule has 1 aliphatic rings. The second kappa shape index (κ2) is 6.47. The van der Waals surface area contributed by atoms with Gasteiger partial charge in [0, 0.05) is 16.3 Å². The lowest BCUT2D eigenvalue weighted by molar-refractivity contribution is 0.00578. The first-order valence-corrected chi connectivity index (χ1v) is 10.1. The van der Waals surface area contributed by atoms with Crippen LogP contribution in [-0.2, 0) is 9.31 Å². The molecule has 4 nitrogen and oxygen atoms in total. The van der Waals surface area contributed by atoms with Crippen LogP contribution in [0, 0.1) is 11.3 Å². The molecule has 5 heteroatoms. The summed E-state index contributed by atoms with van der Waals surface area (Å²) < 4.78 is 18.7. The van der Waals surface area contributed by atoms with Crippen LogP contribution in [-0.4, -0.2) is 18.3 Å². The van der Waals surface area contributed by atoms with Crippen LogP contribution in [0.4, 0.5) is 0 Å². The van der Waals surface area contributed by atoms with E-state index in [0.717, 1.165) is 32.9 Å². The van der Waals surface area contributed by atoms with Gasteiger partial charge in [0.05, 0.1) is 16.8 Å². The number of furan rings is 1. The number of benzene rings is 3. The van der Waals surface area contributed by atoms with E-state index in [1.807, 2.05) is 42.5 Å². The van der Waals surface area contributed by atoms with Crippen LogP contribution in [0.2, 0.25) is 0 Å². The summed E-state index contributed by atoms with van der Waals surface area (Å²) in [6.07, 6.45) is 0. The van der Waals surface area contributed by atoms with E-state index < -0.39 is 7.12 Å². The highest BCUT2D eigenvalue weighted by molar-refractivity contribution is 6.62. The van der Waals surface area contributed by atoms with Crippen molar-refractivity contribution in [1.82, 2.24) is 0 Å². The maximum Gasteiger partial charge on any atom is 0.494 e. The molecule has 1 aliphatic heterocycles. The van der Waals surface area contributed by atoms with Gasteiger partial charge in [-0.3, -0.25) is 0 Å². The number of hydrogen-bond acceptors (Lipinski definition) is 4. The second-order valence-corrected chi connectivity index (χ2v) is 8.79. The van der Waals surface area contributed by atoms with Crippen LogP contribution in [0.1, 0.15) is 33.3 Å². The molecule has 0 N–H and O–H groups in total. The third-order valence-corrected chi connectivity index (χ3v) is 6.37. The monoisotopic (exact) mass is 395 g/mol. The smallest absolute Gasteiger partial charge is 0.454 e. The first kappa shape index (κ1) is 18.9. The summed E-state index contributed by atoms with van der Waals surface area (Å²) in [6.45, 7) is 8.22. The van der Waals surface area contributed by atoms with Crippen LogP contribution < -0.4 is 5.46 Å². The zero-order valence-corrected chi connectivity index (χ0v) is 17.5. The molecular formula is C25H22BNO3. The van der Waals surface area contributed by atoms with Crippen molar-refractivity contribution in [3.63, 3.8) is 0 Å². The first-order valence-electron chi connectivity index (χ1n) is 10.1. The summed E-state index contributed by atoms with van der Waals surface area (Å²) in [4.78, 5) is 0. The van der Waals surface area contributed by atoms with Gasteiger partial charge in [0.1, 0.15) is 11.7 Å². The molecule has 3 aromatic carbocycles. The summed E-state index contributed by atoms with van der Waals surface area (Å²) in [5, 5.41) is 11.4. The van der Waals surface area contributed by atoms with E-state index in [4.69, 9.17) is 13.7 Å². The van der Waals surface area contributed by atoms with Crippen molar-refractivity contribution in [2.75, 3.05) is 0 Å². The van der Waals surface area contributed by atoms with Crippen molar-refractivity contribution in [3.8, 4) is 17.2 Å². The van der Waals surface area contributed by atoms with Gasteiger partial charge in [0.2, 0.25) is 0 Å². The molecule has 2 heterocycles. The van der Waals surface area contributed by atoms with Crippen molar-refractivity contribution >= 4 is 34.5 Å². The van der Waals surface area contributed by atoms with Crippen molar-refractivity contribution in [2.45, 2.75) is 38.9 Å². The van der Waals surface area contributed by atoms with E-state index in [0.29, 0.717) is 11.1 Å². The normalized spacial score (nSPS) is 17.5. The zero-order chi connectivity index (χ0) is 21.1. The molecule has 4 aromatic rings.